The van der Waals surface area contributed by atoms with Crippen molar-refractivity contribution in [2.75, 3.05) is 33.9 Å². The van der Waals surface area contributed by atoms with Gasteiger partial charge in [-0.05, 0) is 19.1 Å². The summed E-state index contributed by atoms with van der Waals surface area (Å²) in [7, 11) is 2.82. The fourth-order valence-corrected chi connectivity index (χ4v) is 1.45. The molecule has 0 saturated carbocycles. The van der Waals surface area contributed by atoms with Crippen molar-refractivity contribution in [1.29, 1.82) is 0 Å². The molecule has 0 fully saturated rings. The smallest absolute Gasteiger partial charge is 0.325 e. The molecule has 0 atom stereocenters. The first-order valence-electron chi connectivity index (χ1n) is 5.86. The highest BCUT2D eigenvalue weighted by Gasteiger charge is 2.19. The Hall–Kier alpha value is -1.95. The molecule has 0 aliphatic heterocycles. The highest BCUT2D eigenvalue weighted by molar-refractivity contribution is 5.95. The topological polar surface area (TPSA) is 68.7 Å². The van der Waals surface area contributed by atoms with Crippen molar-refractivity contribution in [3.8, 4) is 0 Å². The van der Waals surface area contributed by atoms with Crippen LogP contribution in [0, 0.1) is 6.92 Å². The number of hydrogen-bond acceptors (Lipinski definition) is 5. The number of hydrogen-bond donors (Lipinski definition) is 0. The molecule has 1 amide bonds. The average Bonchev–Trinajstić information content (AvgIpc) is 2.43. The van der Waals surface area contributed by atoms with Gasteiger partial charge >= 0.3 is 5.97 Å². The van der Waals surface area contributed by atoms with Gasteiger partial charge in [0.05, 0.1) is 19.3 Å². The van der Waals surface area contributed by atoms with E-state index in [0.717, 1.165) is 5.69 Å². The first-order valence-corrected chi connectivity index (χ1v) is 5.86. The number of esters is 1. The van der Waals surface area contributed by atoms with E-state index in [1.165, 1.54) is 25.3 Å². The SMILES string of the molecule is COCCN(CC(=O)OC)C(=O)c1ccc(C)nc1. The highest BCUT2D eigenvalue weighted by atomic mass is 16.5. The Morgan fingerprint density at radius 3 is 2.58 bits per heavy atom. The van der Waals surface area contributed by atoms with Crippen LogP contribution in [0.25, 0.3) is 0 Å². The summed E-state index contributed by atoms with van der Waals surface area (Å²) in [5, 5.41) is 0. The molecule has 0 saturated heterocycles. The standard InChI is InChI=1S/C13H18N2O4/c1-10-4-5-11(8-14-10)13(17)15(6-7-18-2)9-12(16)19-3/h4-5,8H,6-7,9H2,1-3H3. The molecule has 1 heterocycles. The van der Waals surface area contributed by atoms with Crippen LogP contribution in [0.3, 0.4) is 0 Å². The summed E-state index contributed by atoms with van der Waals surface area (Å²) in [4.78, 5) is 29.0. The fraction of sp³-hybridized carbons (Fsp3) is 0.462. The van der Waals surface area contributed by atoms with E-state index in [1.54, 1.807) is 12.1 Å². The van der Waals surface area contributed by atoms with Gasteiger partial charge in [0.2, 0.25) is 0 Å². The summed E-state index contributed by atoms with van der Waals surface area (Å²) in [5.74, 6) is -0.737. The zero-order chi connectivity index (χ0) is 14.3. The number of methoxy groups -OCH3 is 2. The number of rotatable bonds is 6. The Balaban J connectivity index is 2.80. The van der Waals surface area contributed by atoms with Crippen LogP contribution in [0.5, 0.6) is 0 Å². The Kier molecular flexibility index (Phi) is 5.95. The first kappa shape index (κ1) is 15.1. The second-order valence-electron chi connectivity index (χ2n) is 3.98. The summed E-state index contributed by atoms with van der Waals surface area (Å²) in [5.41, 5.74) is 1.26. The van der Waals surface area contributed by atoms with E-state index >= 15 is 0 Å². The van der Waals surface area contributed by atoms with Gasteiger partial charge in [-0.3, -0.25) is 14.6 Å². The summed E-state index contributed by atoms with van der Waals surface area (Å²) >= 11 is 0. The fourth-order valence-electron chi connectivity index (χ4n) is 1.45. The van der Waals surface area contributed by atoms with Crippen molar-refractivity contribution >= 4 is 11.9 Å². The summed E-state index contributed by atoms with van der Waals surface area (Å²) in [6.07, 6.45) is 1.49. The van der Waals surface area contributed by atoms with Gasteiger partial charge in [-0.15, -0.1) is 0 Å². The first-order chi connectivity index (χ1) is 9.08. The predicted octanol–water partition coefficient (Wildman–Crippen LogP) is 0.652. The third-order valence-electron chi connectivity index (χ3n) is 2.56. The number of pyridine rings is 1. The minimum Gasteiger partial charge on any atom is -0.468 e. The van der Waals surface area contributed by atoms with Crippen molar-refractivity contribution in [2.24, 2.45) is 0 Å². The van der Waals surface area contributed by atoms with Crippen molar-refractivity contribution < 1.29 is 19.1 Å². The molecular formula is C13H18N2O4. The maximum absolute atomic E-state index is 12.2. The minimum atomic E-state index is -0.468. The third kappa shape index (κ3) is 4.67. The quantitative estimate of drug-likeness (QED) is 0.707. The molecule has 1 rings (SSSR count). The molecule has 0 aliphatic carbocycles. The van der Waals surface area contributed by atoms with Gasteiger partial charge < -0.3 is 14.4 Å². The van der Waals surface area contributed by atoms with E-state index in [9.17, 15) is 9.59 Å². The number of carbonyl (C=O) groups excluding carboxylic acids is 2. The third-order valence-corrected chi connectivity index (χ3v) is 2.56. The predicted molar refractivity (Wildman–Crippen MR) is 68.8 cm³/mol. The largest absolute Gasteiger partial charge is 0.468 e. The van der Waals surface area contributed by atoms with Crippen LogP contribution >= 0.6 is 0 Å². The lowest BCUT2D eigenvalue weighted by Gasteiger charge is -2.20. The van der Waals surface area contributed by atoms with Crippen molar-refractivity contribution in [3.63, 3.8) is 0 Å². The number of aryl methyl sites for hydroxylation is 1. The van der Waals surface area contributed by atoms with Gasteiger partial charge in [-0.1, -0.05) is 0 Å². The van der Waals surface area contributed by atoms with Crippen molar-refractivity contribution in [1.82, 2.24) is 9.88 Å². The van der Waals surface area contributed by atoms with Crippen LogP contribution in [0.1, 0.15) is 16.1 Å². The van der Waals surface area contributed by atoms with Crippen LogP contribution in [0.15, 0.2) is 18.3 Å². The van der Waals surface area contributed by atoms with E-state index < -0.39 is 5.97 Å². The molecule has 6 heteroatoms. The van der Waals surface area contributed by atoms with Gasteiger partial charge in [0.15, 0.2) is 0 Å². The maximum atomic E-state index is 12.2. The molecular weight excluding hydrogens is 248 g/mol. The maximum Gasteiger partial charge on any atom is 0.325 e. The number of carbonyl (C=O) groups is 2. The Morgan fingerprint density at radius 1 is 1.32 bits per heavy atom. The second kappa shape index (κ2) is 7.48. The van der Waals surface area contributed by atoms with Gasteiger partial charge in [0.1, 0.15) is 6.54 Å². The van der Waals surface area contributed by atoms with Crippen LogP contribution in [0.2, 0.25) is 0 Å². The van der Waals surface area contributed by atoms with E-state index in [4.69, 9.17) is 4.74 Å². The van der Waals surface area contributed by atoms with E-state index in [-0.39, 0.29) is 12.5 Å². The molecule has 0 unspecified atom stereocenters. The summed E-state index contributed by atoms with van der Waals surface area (Å²) in [6.45, 7) is 2.40. The van der Waals surface area contributed by atoms with Crippen LogP contribution < -0.4 is 0 Å². The number of amides is 1. The lowest BCUT2D eigenvalue weighted by atomic mass is 10.2. The van der Waals surface area contributed by atoms with Crippen LogP contribution in [-0.4, -0.2) is 55.7 Å². The van der Waals surface area contributed by atoms with Crippen LogP contribution in [0.4, 0.5) is 0 Å². The Morgan fingerprint density at radius 2 is 2.05 bits per heavy atom. The minimum absolute atomic E-state index is 0.105. The van der Waals surface area contributed by atoms with Crippen molar-refractivity contribution in [3.05, 3.63) is 29.6 Å². The molecule has 6 nitrogen and oxygen atoms in total. The van der Waals surface area contributed by atoms with Gasteiger partial charge in [0, 0.05) is 25.5 Å². The Labute approximate surface area is 112 Å². The van der Waals surface area contributed by atoms with Crippen molar-refractivity contribution in [2.45, 2.75) is 6.92 Å². The zero-order valence-electron chi connectivity index (χ0n) is 11.4. The molecule has 0 aliphatic rings. The summed E-state index contributed by atoms with van der Waals surface area (Å²) < 4.78 is 9.51. The molecule has 0 aromatic carbocycles. The lowest BCUT2D eigenvalue weighted by Crippen LogP contribution is -2.38. The molecule has 1 aromatic rings. The molecule has 104 valence electrons. The number of ether oxygens (including phenoxy) is 2. The molecule has 19 heavy (non-hydrogen) atoms. The Bertz CT molecular complexity index is 431. The van der Waals surface area contributed by atoms with Gasteiger partial charge in [-0.2, -0.15) is 0 Å². The molecule has 0 N–H and O–H groups in total. The number of aromatic nitrogens is 1. The van der Waals surface area contributed by atoms with E-state index in [0.29, 0.717) is 18.7 Å². The molecule has 0 bridgehead atoms. The van der Waals surface area contributed by atoms with Crippen LogP contribution in [-0.2, 0) is 14.3 Å². The molecule has 0 radical (unpaired) electrons. The van der Waals surface area contributed by atoms with Gasteiger partial charge in [0.25, 0.3) is 5.91 Å². The monoisotopic (exact) mass is 266 g/mol. The normalized spacial score (nSPS) is 10.1. The molecule has 0 spiro atoms. The van der Waals surface area contributed by atoms with E-state index in [1.807, 2.05) is 6.92 Å². The molecule has 1 aromatic heterocycles. The lowest BCUT2D eigenvalue weighted by molar-refractivity contribution is -0.141. The number of nitrogens with zero attached hydrogens (tertiary/aromatic N) is 2. The highest BCUT2D eigenvalue weighted by Crippen LogP contribution is 2.05. The summed E-state index contributed by atoms with van der Waals surface area (Å²) in [6, 6.07) is 3.43. The van der Waals surface area contributed by atoms with E-state index in [2.05, 4.69) is 9.72 Å². The van der Waals surface area contributed by atoms with Gasteiger partial charge in [-0.25, -0.2) is 0 Å². The average molecular weight is 266 g/mol. The zero-order valence-corrected chi connectivity index (χ0v) is 11.4. The second-order valence-corrected chi connectivity index (χ2v) is 3.98.